The first-order chi connectivity index (χ1) is 19.1. The predicted octanol–water partition coefficient (Wildman–Crippen LogP) is 4.71. The molecule has 2 N–H and O–H groups in total. The van der Waals surface area contributed by atoms with Crippen molar-refractivity contribution in [1.82, 2.24) is 19.0 Å². The molecule has 0 saturated heterocycles. The normalized spacial score (nSPS) is 14.8. The lowest BCUT2D eigenvalue weighted by Crippen LogP contribution is -2.26. The van der Waals surface area contributed by atoms with Crippen LogP contribution in [0.2, 0.25) is 0 Å². The van der Waals surface area contributed by atoms with Gasteiger partial charge in [0.2, 0.25) is 10.0 Å². The quantitative estimate of drug-likeness (QED) is 0.305. The highest BCUT2D eigenvalue weighted by Crippen LogP contribution is 2.42. The predicted molar refractivity (Wildman–Crippen MR) is 155 cm³/mol. The Kier molecular flexibility index (Phi) is 6.37. The van der Waals surface area contributed by atoms with Crippen LogP contribution in [0.15, 0.2) is 90.3 Å². The number of benzene rings is 2. The maximum Gasteiger partial charge on any atom is 0.328 e. The van der Waals surface area contributed by atoms with Crippen molar-refractivity contribution in [2.75, 3.05) is 14.1 Å². The number of thioether (sulfide) groups is 1. The maximum absolute atomic E-state index is 14.0. The molecule has 0 fully saturated rings. The molecular weight excluding hydrogens is 546 g/mol. The Morgan fingerprint density at radius 1 is 1.02 bits per heavy atom. The summed E-state index contributed by atoms with van der Waals surface area (Å²) >= 11 is 1.73. The van der Waals surface area contributed by atoms with Crippen molar-refractivity contribution in [3.63, 3.8) is 0 Å². The van der Waals surface area contributed by atoms with Gasteiger partial charge in [0.25, 0.3) is 0 Å². The third-order valence-corrected chi connectivity index (χ3v) is 9.17. The maximum atomic E-state index is 14.0. The molecule has 0 saturated carbocycles. The SMILES string of the molecule is CN(C)C(=O)n1cc(C(=O)c2ccn3c2CSC3c2cccnc2)c2ccc(-c3cccc(S(N)(=O)=O)c3)cc21. The number of primary sulfonamides is 1. The highest BCUT2D eigenvalue weighted by Gasteiger charge is 2.30. The summed E-state index contributed by atoms with van der Waals surface area (Å²) in [6.07, 6.45) is 7.10. The number of fused-ring (bicyclic) bond motifs is 2. The molecule has 5 aromatic rings. The molecule has 1 amide bonds. The molecule has 40 heavy (non-hydrogen) atoms. The molecule has 2 aromatic carbocycles. The molecule has 1 aliphatic heterocycles. The molecule has 1 unspecified atom stereocenters. The number of nitrogens with zero attached hydrogens (tertiary/aromatic N) is 4. The first-order valence-corrected chi connectivity index (χ1v) is 15.0. The average Bonchev–Trinajstić information content (AvgIpc) is 3.66. The van der Waals surface area contributed by atoms with Crippen LogP contribution in [0.3, 0.4) is 0 Å². The molecule has 0 radical (unpaired) electrons. The van der Waals surface area contributed by atoms with Crippen LogP contribution in [0.25, 0.3) is 22.0 Å². The van der Waals surface area contributed by atoms with Gasteiger partial charge in [-0.1, -0.05) is 30.3 Å². The Bertz CT molecular complexity index is 1910. The Morgan fingerprint density at radius 2 is 1.82 bits per heavy atom. The smallest absolute Gasteiger partial charge is 0.328 e. The lowest BCUT2D eigenvalue weighted by Gasteiger charge is -2.12. The fourth-order valence-corrected chi connectivity index (χ4v) is 6.90. The lowest BCUT2D eigenvalue weighted by atomic mass is 10.00. The van der Waals surface area contributed by atoms with Crippen LogP contribution < -0.4 is 5.14 Å². The minimum absolute atomic E-state index is 0.00858. The highest BCUT2D eigenvalue weighted by molar-refractivity contribution is 7.99. The van der Waals surface area contributed by atoms with Crippen molar-refractivity contribution >= 4 is 44.5 Å². The van der Waals surface area contributed by atoms with Crippen molar-refractivity contribution in [1.29, 1.82) is 0 Å². The van der Waals surface area contributed by atoms with Gasteiger partial charge >= 0.3 is 6.03 Å². The van der Waals surface area contributed by atoms with Gasteiger partial charge in [-0.25, -0.2) is 18.4 Å². The Hall–Kier alpha value is -4.19. The number of ketones is 1. The van der Waals surface area contributed by atoms with Crippen LogP contribution in [0, 0.1) is 0 Å². The fraction of sp³-hybridized carbons (Fsp3) is 0.138. The van der Waals surface area contributed by atoms with Gasteiger partial charge in [0.05, 0.1) is 10.4 Å². The summed E-state index contributed by atoms with van der Waals surface area (Å²) in [5, 5.41) is 5.99. The summed E-state index contributed by atoms with van der Waals surface area (Å²) < 4.78 is 27.4. The summed E-state index contributed by atoms with van der Waals surface area (Å²) in [6.45, 7) is 0. The van der Waals surface area contributed by atoms with Gasteiger partial charge in [0, 0.05) is 72.4 Å². The molecule has 0 spiro atoms. The molecule has 0 bridgehead atoms. The van der Waals surface area contributed by atoms with Gasteiger partial charge in [-0.05, 0) is 41.5 Å². The van der Waals surface area contributed by atoms with Crippen LogP contribution >= 0.6 is 11.8 Å². The van der Waals surface area contributed by atoms with E-state index in [1.54, 1.807) is 62.5 Å². The minimum Gasteiger partial charge on any atom is -0.333 e. The van der Waals surface area contributed by atoms with Crippen molar-refractivity contribution in [3.8, 4) is 11.1 Å². The zero-order valence-corrected chi connectivity index (χ0v) is 23.3. The molecule has 1 aliphatic rings. The number of hydrogen-bond donors (Lipinski definition) is 1. The number of amides is 1. The standard InChI is InChI=1S/C29H25N5O4S2/c1-32(2)29(36)34-16-24(22-9-8-19(14-25(22)34)18-5-3-7-21(13-18)40(30,37)38)27(35)23-10-12-33-26(23)17-39-28(33)20-6-4-11-31-15-20/h3-16,28H,17H2,1-2H3,(H2,30,37,38). The van der Waals surface area contributed by atoms with Gasteiger partial charge in [0.15, 0.2) is 5.78 Å². The molecule has 4 heterocycles. The summed E-state index contributed by atoms with van der Waals surface area (Å²) in [6, 6.07) is 17.1. The number of rotatable bonds is 5. The highest BCUT2D eigenvalue weighted by atomic mass is 32.2. The first kappa shape index (κ1) is 26.1. The molecule has 1 atom stereocenters. The molecule has 11 heteroatoms. The summed E-state index contributed by atoms with van der Waals surface area (Å²) in [5.41, 5.74) is 4.85. The summed E-state index contributed by atoms with van der Waals surface area (Å²) in [7, 11) is -0.597. The van der Waals surface area contributed by atoms with E-state index in [4.69, 9.17) is 5.14 Å². The zero-order chi connectivity index (χ0) is 28.2. The van der Waals surface area contributed by atoms with E-state index in [1.807, 2.05) is 36.7 Å². The van der Waals surface area contributed by atoms with Crippen molar-refractivity contribution in [2.24, 2.45) is 5.14 Å². The second-order valence-corrected chi connectivity index (χ2v) is 12.4. The van der Waals surface area contributed by atoms with E-state index in [0.717, 1.165) is 11.3 Å². The molecule has 3 aromatic heterocycles. The van der Waals surface area contributed by atoms with Gasteiger partial charge in [-0.2, -0.15) is 0 Å². The second kappa shape index (κ2) is 9.77. The average molecular weight is 572 g/mol. The third-order valence-electron chi connectivity index (χ3n) is 7.00. The van der Waals surface area contributed by atoms with Gasteiger partial charge < -0.3 is 9.47 Å². The number of carbonyl (C=O) groups excluding carboxylic acids is 2. The first-order valence-electron chi connectivity index (χ1n) is 12.4. The number of sulfonamides is 1. The Balaban J connectivity index is 1.45. The van der Waals surface area contributed by atoms with E-state index >= 15 is 0 Å². The monoisotopic (exact) mass is 571 g/mol. The summed E-state index contributed by atoms with van der Waals surface area (Å²) in [4.78, 5) is 32.8. The lowest BCUT2D eigenvalue weighted by molar-refractivity contribution is 0.103. The fourth-order valence-electron chi connectivity index (χ4n) is 5.03. The number of aromatic nitrogens is 3. The van der Waals surface area contributed by atoms with E-state index in [-0.39, 0.29) is 22.1 Å². The molecule has 0 aliphatic carbocycles. The summed E-state index contributed by atoms with van der Waals surface area (Å²) in [5.74, 6) is 0.508. The van der Waals surface area contributed by atoms with Gasteiger partial charge in [0.1, 0.15) is 5.37 Å². The second-order valence-electron chi connectivity index (χ2n) is 9.76. The molecule has 6 rings (SSSR count). The van der Waals surface area contributed by atoms with Crippen LogP contribution in [0.4, 0.5) is 4.79 Å². The third kappa shape index (κ3) is 4.41. The topological polar surface area (TPSA) is 120 Å². The van der Waals surface area contributed by atoms with Crippen LogP contribution in [0.1, 0.15) is 32.6 Å². The largest absolute Gasteiger partial charge is 0.333 e. The van der Waals surface area contributed by atoms with E-state index < -0.39 is 10.0 Å². The Labute approximate surface area is 235 Å². The van der Waals surface area contributed by atoms with Crippen molar-refractivity contribution < 1.29 is 18.0 Å². The van der Waals surface area contributed by atoms with Crippen molar-refractivity contribution in [2.45, 2.75) is 16.0 Å². The Morgan fingerprint density at radius 3 is 2.55 bits per heavy atom. The molecule has 202 valence electrons. The van der Waals surface area contributed by atoms with Crippen molar-refractivity contribution in [3.05, 3.63) is 108 Å². The minimum atomic E-state index is -3.89. The van der Waals surface area contributed by atoms with Gasteiger partial charge in [-0.15, -0.1) is 11.8 Å². The van der Waals surface area contributed by atoms with Crippen LogP contribution in [-0.2, 0) is 15.8 Å². The number of nitrogens with two attached hydrogens (primary N) is 1. The van der Waals surface area contributed by atoms with Crippen LogP contribution in [-0.4, -0.2) is 53.3 Å². The number of hydrogen-bond acceptors (Lipinski definition) is 6. The number of pyridine rings is 1. The molecular formula is C29H25N5O4S2. The molecule has 9 nitrogen and oxygen atoms in total. The van der Waals surface area contributed by atoms with E-state index in [1.165, 1.54) is 21.6 Å². The van der Waals surface area contributed by atoms with E-state index in [9.17, 15) is 18.0 Å². The van der Waals surface area contributed by atoms with Gasteiger partial charge in [-0.3, -0.25) is 14.3 Å². The van der Waals surface area contributed by atoms with Crippen LogP contribution in [0.5, 0.6) is 0 Å². The van der Waals surface area contributed by atoms with E-state index in [2.05, 4.69) is 9.55 Å². The number of carbonyl (C=O) groups is 2. The zero-order valence-electron chi connectivity index (χ0n) is 21.7. The van der Waals surface area contributed by atoms with E-state index in [0.29, 0.717) is 38.9 Å².